The van der Waals surface area contributed by atoms with Gasteiger partial charge < -0.3 is 10.5 Å². The number of hydrogen-bond donors (Lipinski definition) is 1. The highest BCUT2D eigenvalue weighted by Gasteiger charge is 2.36. The Bertz CT molecular complexity index is 1110. The van der Waals surface area contributed by atoms with Gasteiger partial charge in [0, 0.05) is 11.1 Å². The third-order valence-electron chi connectivity index (χ3n) is 5.12. The van der Waals surface area contributed by atoms with Gasteiger partial charge in [-0.3, -0.25) is 0 Å². The lowest BCUT2D eigenvalue weighted by Gasteiger charge is -2.22. The van der Waals surface area contributed by atoms with Crippen LogP contribution in [0.25, 0.3) is 21.3 Å². The fourth-order valence-corrected chi connectivity index (χ4v) is 4.92. The van der Waals surface area contributed by atoms with Gasteiger partial charge in [-0.2, -0.15) is 13.2 Å². The van der Waals surface area contributed by atoms with Gasteiger partial charge in [0.25, 0.3) is 0 Å². The Morgan fingerprint density at radius 3 is 2.69 bits per heavy atom. The average molecular weight is 420 g/mol. The summed E-state index contributed by atoms with van der Waals surface area (Å²) in [5.74, 6) is -0.582. The first-order valence-corrected chi connectivity index (χ1v) is 10.2. The molecule has 0 saturated carbocycles. The van der Waals surface area contributed by atoms with E-state index in [1.54, 1.807) is 13.0 Å². The zero-order valence-corrected chi connectivity index (χ0v) is 16.5. The number of carbonyl (C=O) groups excluding carboxylic acids is 1. The molecule has 2 heterocycles. The van der Waals surface area contributed by atoms with Gasteiger partial charge in [0.1, 0.15) is 9.71 Å². The molecular weight excluding hydrogens is 401 g/mol. The molecule has 8 heteroatoms. The third-order valence-corrected chi connectivity index (χ3v) is 6.20. The Labute approximate surface area is 169 Å². The lowest BCUT2D eigenvalue weighted by molar-refractivity contribution is -0.137. The van der Waals surface area contributed by atoms with Gasteiger partial charge in [-0.1, -0.05) is 18.2 Å². The maximum absolute atomic E-state index is 13.8. The van der Waals surface area contributed by atoms with Crippen molar-refractivity contribution < 1.29 is 22.7 Å². The fraction of sp³-hybridized carbons (Fsp3) is 0.333. The molecule has 0 aliphatic heterocycles. The summed E-state index contributed by atoms with van der Waals surface area (Å²) >= 11 is 1.08. The molecule has 0 unspecified atom stereocenters. The number of benzene rings is 1. The van der Waals surface area contributed by atoms with Crippen molar-refractivity contribution in [2.24, 2.45) is 0 Å². The van der Waals surface area contributed by atoms with Crippen molar-refractivity contribution in [2.45, 2.75) is 38.8 Å². The van der Waals surface area contributed by atoms with Crippen molar-refractivity contribution in [3.63, 3.8) is 0 Å². The van der Waals surface area contributed by atoms with Crippen LogP contribution in [0.1, 0.15) is 46.3 Å². The molecule has 1 aliphatic rings. The summed E-state index contributed by atoms with van der Waals surface area (Å²) in [6.45, 7) is 1.86. The van der Waals surface area contributed by atoms with Gasteiger partial charge in [-0.15, -0.1) is 11.3 Å². The number of rotatable bonds is 3. The first kappa shape index (κ1) is 19.7. The number of pyridine rings is 1. The summed E-state index contributed by atoms with van der Waals surface area (Å²) in [6, 6.07) is 5.50. The van der Waals surface area contributed by atoms with Gasteiger partial charge in [0.15, 0.2) is 0 Å². The zero-order valence-electron chi connectivity index (χ0n) is 15.7. The molecular formula is C21H19F3N2O2S. The van der Waals surface area contributed by atoms with Gasteiger partial charge in [0.2, 0.25) is 0 Å². The number of fused-ring (bicyclic) bond motifs is 2. The molecule has 0 atom stereocenters. The van der Waals surface area contributed by atoms with E-state index in [4.69, 9.17) is 10.5 Å². The number of nitrogens with zero attached hydrogens (tertiary/aromatic N) is 1. The molecule has 0 radical (unpaired) electrons. The second kappa shape index (κ2) is 7.33. The number of hydrogen-bond acceptors (Lipinski definition) is 5. The van der Waals surface area contributed by atoms with Gasteiger partial charge in [-0.25, -0.2) is 9.78 Å². The van der Waals surface area contributed by atoms with Crippen molar-refractivity contribution in [1.82, 2.24) is 4.98 Å². The van der Waals surface area contributed by atoms with E-state index in [0.29, 0.717) is 28.6 Å². The van der Waals surface area contributed by atoms with Crippen molar-refractivity contribution in [1.29, 1.82) is 0 Å². The van der Waals surface area contributed by atoms with Crippen LogP contribution in [0.3, 0.4) is 0 Å². The number of ether oxygens (including phenoxy) is 1. The number of thiophene rings is 1. The summed E-state index contributed by atoms with van der Waals surface area (Å²) < 4.78 is 46.4. The first-order valence-electron chi connectivity index (χ1n) is 9.40. The maximum Gasteiger partial charge on any atom is 0.417 e. The van der Waals surface area contributed by atoms with Crippen LogP contribution in [0.15, 0.2) is 24.3 Å². The highest BCUT2D eigenvalue weighted by molar-refractivity contribution is 7.21. The Kier molecular flexibility index (Phi) is 4.98. The van der Waals surface area contributed by atoms with Crippen LogP contribution >= 0.6 is 11.3 Å². The molecule has 2 aromatic heterocycles. The van der Waals surface area contributed by atoms with Crippen LogP contribution in [0.2, 0.25) is 0 Å². The number of nitrogens with two attached hydrogens (primary N) is 1. The number of nitrogen functional groups attached to an aromatic ring is 1. The molecule has 1 aromatic carbocycles. The summed E-state index contributed by atoms with van der Waals surface area (Å²) in [6.07, 6.45) is -1.39. The maximum atomic E-state index is 13.8. The minimum Gasteiger partial charge on any atom is -0.462 e. The van der Waals surface area contributed by atoms with Gasteiger partial charge in [0.05, 0.1) is 17.9 Å². The summed E-state index contributed by atoms with van der Waals surface area (Å²) in [4.78, 5) is 17.7. The van der Waals surface area contributed by atoms with E-state index in [9.17, 15) is 18.0 Å². The third kappa shape index (κ3) is 3.35. The quantitative estimate of drug-likeness (QED) is 0.559. The Morgan fingerprint density at radius 1 is 1.24 bits per heavy atom. The van der Waals surface area contributed by atoms with E-state index in [2.05, 4.69) is 4.98 Å². The standard InChI is InChI=1S/C21H19F3N2O2S/c1-2-28-20(27)18-17(25)16-15(11-7-3-5-9-13(11)21(22,23)24)12-8-4-6-10-14(12)26-19(16)29-18/h3,5,7,9H,2,4,6,8,10,25H2,1H3. The number of carbonyl (C=O) groups is 1. The molecule has 4 nitrogen and oxygen atoms in total. The summed E-state index contributed by atoms with van der Waals surface area (Å²) in [5.41, 5.74) is 7.80. The molecule has 4 rings (SSSR count). The van der Waals surface area contributed by atoms with Crippen LogP contribution in [0.5, 0.6) is 0 Å². The Morgan fingerprint density at radius 2 is 1.97 bits per heavy atom. The van der Waals surface area contributed by atoms with E-state index >= 15 is 0 Å². The van der Waals surface area contributed by atoms with Crippen molar-refractivity contribution in [2.75, 3.05) is 12.3 Å². The second-order valence-corrected chi connectivity index (χ2v) is 7.91. The molecule has 0 amide bonds. The highest BCUT2D eigenvalue weighted by atomic mass is 32.1. The molecule has 2 N–H and O–H groups in total. The predicted molar refractivity (Wildman–Crippen MR) is 107 cm³/mol. The zero-order chi connectivity index (χ0) is 20.8. The monoisotopic (exact) mass is 420 g/mol. The van der Waals surface area contributed by atoms with Crippen molar-refractivity contribution >= 4 is 33.2 Å². The van der Waals surface area contributed by atoms with E-state index in [-0.39, 0.29) is 22.7 Å². The number of esters is 1. The molecule has 0 bridgehead atoms. The molecule has 29 heavy (non-hydrogen) atoms. The minimum absolute atomic E-state index is 0.0745. The largest absolute Gasteiger partial charge is 0.462 e. The lowest BCUT2D eigenvalue weighted by atomic mass is 9.86. The van der Waals surface area contributed by atoms with Crippen LogP contribution in [0, 0.1) is 0 Å². The minimum atomic E-state index is -4.51. The van der Waals surface area contributed by atoms with Gasteiger partial charge >= 0.3 is 12.1 Å². The number of aromatic nitrogens is 1. The number of halogens is 3. The number of aryl methyl sites for hydroxylation is 1. The SMILES string of the molecule is CCOC(=O)c1sc2nc3c(c(-c4ccccc4C(F)(F)F)c2c1N)CCCC3. The normalized spacial score (nSPS) is 14.1. The van der Waals surface area contributed by atoms with E-state index < -0.39 is 17.7 Å². The molecule has 0 saturated heterocycles. The smallest absolute Gasteiger partial charge is 0.417 e. The van der Waals surface area contributed by atoms with Crippen LogP contribution in [-0.4, -0.2) is 17.6 Å². The van der Waals surface area contributed by atoms with Crippen molar-refractivity contribution in [3.8, 4) is 11.1 Å². The first-order chi connectivity index (χ1) is 13.8. The van der Waals surface area contributed by atoms with E-state index in [1.807, 2.05) is 0 Å². The summed E-state index contributed by atoms with van der Waals surface area (Å²) in [7, 11) is 0. The fourth-order valence-electron chi connectivity index (χ4n) is 3.90. The van der Waals surface area contributed by atoms with Crippen LogP contribution in [-0.2, 0) is 23.8 Å². The number of anilines is 1. The van der Waals surface area contributed by atoms with Gasteiger partial charge in [-0.05, 0) is 55.4 Å². The molecule has 152 valence electrons. The molecule has 0 fully saturated rings. The topological polar surface area (TPSA) is 65.2 Å². The Balaban J connectivity index is 2.09. The summed E-state index contributed by atoms with van der Waals surface area (Å²) in [5, 5.41) is 0.412. The van der Waals surface area contributed by atoms with E-state index in [1.165, 1.54) is 12.1 Å². The average Bonchev–Trinajstić information content (AvgIpc) is 3.02. The van der Waals surface area contributed by atoms with Crippen LogP contribution in [0.4, 0.5) is 18.9 Å². The molecule has 1 aliphatic carbocycles. The highest BCUT2D eigenvalue weighted by Crippen LogP contribution is 2.47. The van der Waals surface area contributed by atoms with Crippen LogP contribution < -0.4 is 5.73 Å². The molecule has 3 aromatic rings. The second-order valence-electron chi connectivity index (χ2n) is 6.91. The Hall–Kier alpha value is -2.61. The van der Waals surface area contributed by atoms with E-state index in [0.717, 1.165) is 41.5 Å². The predicted octanol–water partition coefficient (Wildman–Crippen LogP) is 5.62. The lowest BCUT2D eigenvalue weighted by Crippen LogP contribution is -2.11. The van der Waals surface area contributed by atoms with Crippen molar-refractivity contribution in [3.05, 3.63) is 46.0 Å². The molecule has 0 spiro atoms. The number of alkyl halides is 3.